The second-order valence-corrected chi connectivity index (χ2v) is 10.2. The van der Waals surface area contributed by atoms with Crippen molar-refractivity contribution in [3.63, 3.8) is 0 Å². The van der Waals surface area contributed by atoms with Gasteiger partial charge in [0.1, 0.15) is 5.52 Å². The van der Waals surface area contributed by atoms with Gasteiger partial charge in [-0.2, -0.15) is 0 Å². The molecule has 34 heavy (non-hydrogen) atoms. The lowest BCUT2D eigenvalue weighted by Gasteiger charge is -2.31. The monoisotopic (exact) mass is 500 g/mol. The Balaban J connectivity index is 1.66. The minimum atomic E-state index is -0.156. The Hall–Kier alpha value is -2.41. The number of halogens is 2. The summed E-state index contributed by atoms with van der Waals surface area (Å²) in [5.41, 5.74) is 3.91. The Morgan fingerprint density at radius 1 is 1.15 bits per heavy atom. The Kier molecular flexibility index (Phi) is 7.60. The Bertz CT molecular complexity index is 1180. The summed E-state index contributed by atoms with van der Waals surface area (Å²) in [6.07, 6.45) is 7.31. The van der Waals surface area contributed by atoms with E-state index in [1.807, 2.05) is 12.1 Å². The number of hydrogen-bond donors (Lipinski definition) is 2. The lowest BCUT2D eigenvalue weighted by molar-refractivity contribution is 0.101. The molecule has 1 aliphatic rings. The minimum absolute atomic E-state index is 0.0560. The molecule has 0 unspecified atom stereocenters. The number of carbonyl (C=O) groups excluding carboxylic acids is 1. The van der Waals surface area contributed by atoms with E-state index in [0.717, 1.165) is 31.0 Å². The van der Waals surface area contributed by atoms with Crippen LogP contribution in [0.2, 0.25) is 10.0 Å². The lowest BCUT2D eigenvalue weighted by Crippen LogP contribution is -2.28. The van der Waals surface area contributed by atoms with Crippen LogP contribution < -0.4 is 5.32 Å². The predicted molar refractivity (Wildman–Crippen MR) is 139 cm³/mol. The number of nitrogens with one attached hydrogen (secondary N) is 1. The number of aromatic nitrogens is 2. The van der Waals surface area contributed by atoms with Gasteiger partial charge in [0.2, 0.25) is 0 Å². The molecule has 1 aromatic carbocycles. The molecule has 2 aromatic heterocycles. The topological polar surface area (TPSA) is 78.3 Å². The summed E-state index contributed by atoms with van der Waals surface area (Å²) < 4.78 is 0. The summed E-state index contributed by atoms with van der Waals surface area (Å²) >= 11 is 12.3. The van der Waals surface area contributed by atoms with Gasteiger partial charge in [0.25, 0.3) is 0 Å². The van der Waals surface area contributed by atoms with Crippen LogP contribution in [0.5, 0.6) is 5.75 Å². The van der Waals surface area contributed by atoms with Gasteiger partial charge in [-0.05, 0) is 89.9 Å². The number of rotatable bonds is 7. The van der Waals surface area contributed by atoms with Crippen molar-refractivity contribution in [3.05, 3.63) is 46.1 Å². The molecule has 1 fully saturated rings. The fourth-order valence-corrected chi connectivity index (χ4v) is 5.08. The third-order valence-corrected chi connectivity index (χ3v) is 7.16. The van der Waals surface area contributed by atoms with Crippen LogP contribution in [-0.2, 0) is 0 Å². The van der Waals surface area contributed by atoms with E-state index in [1.54, 1.807) is 25.3 Å². The summed E-state index contributed by atoms with van der Waals surface area (Å²) in [6, 6.07) is 7.24. The third-order valence-electron chi connectivity index (χ3n) is 6.58. The molecule has 8 heteroatoms. The first-order chi connectivity index (χ1) is 16.2. The van der Waals surface area contributed by atoms with Crippen LogP contribution in [-0.4, -0.2) is 52.4 Å². The van der Waals surface area contributed by atoms with E-state index in [4.69, 9.17) is 28.2 Å². The number of fused-ring (bicyclic) bond motifs is 1. The van der Waals surface area contributed by atoms with Gasteiger partial charge in [0, 0.05) is 17.8 Å². The molecule has 6 nitrogen and oxygen atoms in total. The van der Waals surface area contributed by atoms with E-state index >= 15 is 0 Å². The maximum absolute atomic E-state index is 12.5. The van der Waals surface area contributed by atoms with Crippen LogP contribution in [0, 0.1) is 5.92 Å². The summed E-state index contributed by atoms with van der Waals surface area (Å²) in [5.74, 6) is 0.534. The van der Waals surface area contributed by atoms with Gasteiger partial charge < -0.3 is 15.3 Å². The van der Waals surface area contributed by atoms with Gasteiger partial charge in [0.15, 0.2) is 11.5 Å². The van der Waals surface area contributed by atoms with Crippen molar-refractivity contribution in [2.75, 3.05) is 26.0 Å². The number of pyridine rings is 2. The van der Waals surface area contributed by atoms with Crippen molar-refractivity contribution >= 4 is 45.7 Å². The first-order valence-electron chi connectivity index (χ1n) is 11.6. The van der Waals surface area contributed by atoms with Gasteiger partial charge in [-0.25, -0.2) is 4.98 Å². The molecule has 180 valence electrons. The Morgan fingerprint density at radius 2 is 1.82 bits per heavy atom. The quantitative estimate of drug-likeness (QED) is 0.363. The fraction of sp³-hybridized carbons (Fsp3) is 0.423. The molecule has 0 radical (unpaired) electrons. The van der Waals surface area contributed by atoms with Crippen LogP contribution >= 0.6 is 23.2 Å². The maximum Gasteiger partial charge on any atom is 0.163 e. The molecule has 1 aliphatic carbocycles. The Morgan fingerprint density at radius 3 is 2.44 bits per heavy atom. The molecule has 1 saturated carbocycles. The summed E-state index contributed by atoms with van der Waals surface area (Å²) in [6.45, 7) is 2.67. The second-order valence-electron chi connectivity index (χ2n) is 9.41. The molecule has 0 aliphatic heterocycles. The maximum atomic E-state index is 12.5. The van der Waals surface area contributed by atoms with Crippen molar-refractivity contribution in [3.8, 4) is 17.0 Å². The molecule has 3 aromatic rings. The van der Waals surface area contributed by atoms with Crippen LogP contribution in [0.3, 0.4) is 0 Å². The first kappa shape index (κ1) is 24.7. The number of hydrogen-bond acceptors (Lipinski definition) is 6. The van der Waals surface area contributed by atoms with Crippen LogP contribution in [0.15, 0.2) is 30.5 Å². The van der Waals surface area contributed by atoms with Crippen molar-refractivity contribution in [1.29, 1.82) is 0 Å². The summed E-state index contributed by atoms with van der Waals surface area (Å²) in [5, 5.41) is 13.9. The summed E-state index contributed by atoms with van der Waals surface area (Å²) in [4.78, 5) is 24.0. The van der Waals surface area contributed by atoms with Crippen molar-refractivity contribution in [2.45, 2.75) is 45.1 Å². The molecular formula is C26H30Cl2N4O2. The first-order valence-corrected chi connectivity index (χ1v) is 12.4. The number of anilines is 1. The Labute approximate surface area is 210 Å². The van der Waals surface area contributed by atoms with Gasteiger partial charge in [-0.15, -0.1) is 0 Å². The average molecular weight is 501 g/mol. The molecule has 0 amide bonds. The lowest BCUT2D eigenvalue weighted by atomic mass is 9.84. The third kappa shape index (κ3) is 5.45. The number of carbonyl (C=O) groups is 1. The number of ketones is 1. The van der Waals surface area contributed by atoms with Gasteiger partial charge in [-0.3, -0.25) is 9.78 Å². The van der Waals surface area contributed by atoms with Crippen molar-refractivity contribution in [1.82, 2.24) is 14.9 Å². The number of Topliss-reactive ketones (excluding diaryl/α,β-unsaturated/α-hetero) is 1. The zero-order chi connectivity index (χ0) is 24.4. The SMILES string of the molecule is CC(=O)c1cnc2ccc(-c3cc(Cl)c(O)c(Cl)c3)nc2c1NC1CCC(CCN(C)C)CC1. The highest BCUT2D eigenvalue weighted by atomic mass is 35.5. The predicted octanol–water partition coefficient (Wildman–Crippen LogP) is 6.43. The summed E-state index contributed by atoms with van der Waals surface area (Å²) in [7, 11) is 4.23. The van der Waals surface area contributed by atoms with Gasteiger partial charge in [-0.1, -0.05) is 23.2 Å². The number of benzene rings is 1. The smallest absolute Gasteiger partial charge is 0.163 e. The molecule has 0 spiro atoms. The molecular weight excluding hydrogens is 471 g/mol. The van der Waals surface area contributed by atoms with E-state index < -0.39 is 0 Å². The van der Waals surface area contributed by atoms with Crippen LogP contribution in [0.25, 0.3) is 22.3 Å². The van der Waals surface area contributed by atoms with Gasteiger partial charge >= 0.3 is 0 Å². The van der Waals surface area contributed by atoms with Crippen LogP contribution in [0.1, 0.15) is 49.4 Å². The van der Waals surface area contributed by atoms with Crippen molar-refractivity contribution in [2.24, 2.45) is 5.92 Å². The highest BCUT2D eigenvalue weighted by Gasteiger charge is 2.24. The standard InChI is InChI=1S/C26H30Cl2N4O2/c1-15(33)19-14-29-23-9-8-22(17-12-20(27)26(34)21(28)13-17)31-25(23)24(19)30-18-6-4-16(5-7-18)10-11-32(2)3/h8-9,12-14,16,18,34H,4-7,10-11H2,1-3H3,(H,29,30). The largest absolute Gasteiger partial charge is 0.505 e. The number of phenolic OH excluding ortho intramolecular Hbond substituents is 1. The van der Waals surface area contributed by atoms with Crippen LogP contribution in [0.4, 0.5) is 5.69 Å². The van der Waals surface area contributed by atoms with E-state index in [2.05, 4.69) is 29.3 Å². The molecule has 4 rings (SSSR count). The highest BCUT2D eigenvalue weighted by Crippen LogP contribution is 2.37. The van der Waals surface area contributed by atoms with Crippen molar-refractivity contribution < 1.29 is 9.90 Å². The molecule has 2 heterocycles. The second kappa shape index (κ2) is 10.5. The van der Waals surface area contributed by atoms with E-state index in [1.165, 1.54) is 19.3 Å². The molecule has 0 bridgehead atoms. The fourth-order valence-electron chi connectivity index (χ4n) is 4.59. The average Bonchev–Trinajstić information content (AvgIpc) is 2.81. The highest BCUT2D eigenvalue weighted by molar-refractivity contribution is 6.37. The molecule has 0 atom stereocenters. The van der Waals surface area contributed by atoms with Gasteiger partial charge in [0.05, 0.1) is 32.5 Å². The van der Waals surface area contributed by atoms with E-state index in [-0.39, 0.29) is 27.6 Å². The zero-order valence-corrected chi connectivity index (χ0v) is 21.2. The van der Waals surface area contributed by atoms with E-state index in [0.29, 0.717) is 27.9 Å². The zero-order valence-electron chi connectivity index (χ0n) is 19.7. The minimum Gasteiger partial charge on any atom is -0.505 e. The molecule has 2 N–H and O–H groups in total. The number of nitrogens with zero attached hydrogens (tertiary/aromatic N) is 3. The number of phenols is 1. The molecule has 0 saturated heterocycles. The van der Waals surface area contributed by atoms with E-state index in [9.17, 15) is 9.90 Å². The normalized spacial score (nSPS) is 18.4. The number of aromatic hydroxyl groups is 1.